The smallest absolute Gasteiger partial charge is 0.305 e. The number of aliphatic hydroxyl groups excluding tert-OH is 2. The van der Waals surface area contributed by atoms with Gasteiger partial charge in [-0.1, -0.05) is 257 Å². The monoisotopic (exact) mass is 834 g/mol. The molecule has 0 rings (SSSR count). The van der Waals surface area contributed by atoms with E-state index in [4.69, 9.17) is 4.74 Å². The summed E-state index contributed by atoms with van der Waals surface area (Å²) < 4.78 is 5.45. The Morgan fingerprint density at radius 1 is 0.458 bits per heavy atom. The van der Waals surface area contributed by atoms with Crippen molar-refractivity contribution >= 4 is 11.9 Å². The number of nitrogens with one attached hydrogen (secondary N) is 1. The summed E-state index contributed by atoms with van der Waals surface area (Å²) in [6.07, 6.45) is 56.4. The maximum atomic E-state index is 12.4. The fraction of sp³-hybridized carbons (Fsp3) is 0.925. The molecule has 0 aromatic heterocycles. The lowest BCUT2D eigenvalue weighted by atomic mass is 10.0. The van der Waals surface area contributed by atoms with Gasteiger partial charge in [0, 0.05) is 12.8 Å². The number of amides is 1. The van der Waals surface area contributed by atoms with Gasteiger partial charge in [0.15, 0.2) is 0 Å². The van der Waals surface area contributed by atoms with Gasteiger partial charge in [0.2, 0.25) is 5.91 Å². The standard InChI is InChI=1S/C53H103NO5/c1-3-5-7-9-11-13-15-17-19-20-21-22-23-24-26-29-33-37-41-45-51(56)50(49-55)54-52(57)46-42-38-34-30-28-32-36-40-44-48-59-53(58)47-43-39-35-31-27-25-18-16-14-12-10-8-6-4-2/h41,45,50-51,55-56H,3-40,42-44,46-49H2,1-2H3,(H,54,57)/b45-41+. The first-order chi connectivity index (χ1) is 29.0. The third-order valence-corrected chi connectivity index (χ3v) is 12.3. The predicted octanol–water partition coefficient (Wildman–Crippen LogP) is 15.7. The van der Waals surface area contributed by atoms with Gasteiger partial charge in [0.1, 0.15) is 0 Å². The average Bonchev–Trinajstić information content (AvgIpc) is 3.24. The quantitative estimate of drug-likeness (QED) is 0.0322. The van der Waals surface area contributed by atoms with Crippen LogP contribution in [0.1, 0.15) is 290 Å². The highest BCUT2D eigenvalue weighted by Gasteiger charge is 2.18. The highest BCUT2D eigenvalue weighted by atomic mass is 16.5. The molecule has 1 amide bonds. The molecule has 350 valence electrons. The fourth-order valence-electron chi connectivity index (χ4n) is 8.22. The highest BCUT2D eigenvalue weighted by molar-refractivity contribution is 5.76. The predicted molar refractivity (Wildman–Crippen MR) is 255 cm³/mol. The van der Waals surface area contributed by atoms with Gasteiger partial charge in [0.05, 0.1) is 25.4 Å². The van der Waals surface area contributed by atoms with E-state index in [1.54, 1.807) is 6.08 Å². The summed E-state index contributed by atoms with van der Waals surface area (Å²) in [7, 11) is 0. The van der Waals surface area contributed by atoms with Crippen molar-refractivity contribution in [2.24, 2.45) is 0 Å². The maximum absolute atomic E-state index is 12.4. The molecule has 0 heterocycles. The number of esters is 1. The second-order valence-electron chi connectivity index (χ2n) is 18.2. The van der Waals surface area contributed by atoms with Crippen LogP contribution in [0.2, 0.25) is 0 Å². The second kappa shape index (κ2) is 49.3. The molecule has 0 aliphatic rings. The van der Waals surface area contributed by atoms with Crippen molar-refractivity contribution in [1.29, 1.82) is 0 Å². The van der Waals surface area contributed by atoms with E-state index in [2.05, 4.69) is 19.2 Å². The van der Waals surface area contributed by atoms with Crippen LogP contribution in [0.4, 0.5) is 0 Å². The fourth-order valence-corrected chi connectivity index (χ4v) is 8.22. The molecule has 0 fully saturated rings. The van der Waals surface area contributed by atoms with Crippen LogP contribution < -0.4 is 5.32 Å². The summed E-state index contributed by atoms with van der Waals surface area (Å²) in [6, 6.07) is -0.647. The number of ether oxygens (including phenoxy) is 1. The molecule has 0 aliphatic heterocycles. The zero-order valence-electron chi connectivity index (χ0n) is 39.7. The topological polar surface area (TPSA) is 95.9 Å². The summed E-state index contributed by atoms with van der Waals surface area (Å²) in [5, 5.41) is 23.1. The lowest BCUT2D eigenvalue weighted by Crippen LogP contribution is -2.45. The third-order valence-electron chi connectivity index (χ3n) is 12.3. The van der Waals surface area contributed by atoms with Crippen LogP contribution in [0.3, 0.4) is 0 Å². The number of carbonyl (C=O) groups excluding carboxylic acids is 2. The van der Waals surface area contributed by atoms with Gasteiger partial charge in [-0.15, -0.1) is 0 Å². The Bertz CT molecular complexity index is 878. The Morgan fingerprint density at radius 3 is 1.15 bits per heavy atom. The normalized spacial score (nSPS) is 12.7. The van der Waals surface area contributed by atoms with Crippen LogP contribution in [0, 0.1) is 0 Å². The van der Waals surface area contributed by atoms with E-state index in [1.165, 1.54) is 205 Å². The van der Waals surface area contributed by atoms with Gasteiger partial charge in [-0.05, 0) is 32.1 Å². The highest BCUT2D eigenvalue weighted by Crippen LogP contribution is 2.17. The zero-order chi connectivity index (χ0) is 43.0. The second-order valence-corrected chi connectivity index (χ2v) is 18.2. The first-order valence-corrected chi connectivity index (χ1v) is 26.5. The number of hydrogen-bond donors (Lipinski definition) is 3. The lowest BCUT2D eigenvalue weighted by Gasteiger charge is -2.20. The molecule has 0 aromatic carbocycles. The van der Waals surface area contributed by atoms with E-state index in [0.29, 0.717) is 19.4 Å². The van der Waals surface area contributed by atoms with Crippen molar-refractivity contribution in [3.05, 3.63) is 12.2 Å². The summed E-state index contributed by atoms with van der Waals surface area (Å²) in [5.41, 5.74) is 0. The van der Waals surface area contributed by atoms with Crippen molar-refractivity contribution < 1.29 is 24.5 Å². The molecule has 0 saturated heterocycles. The minimum Gasteiger partial charge on any atom is -0.466 e. The summed E-state index contributed by atoms with van der Waals surface area (Å²) in [4.78, 5) is 24.5. The molecule has 6 heteroatoms. The first-order valence-electron chi connectivity index (χ1n) is 26.5. The summed E-state index contributed by atoms with van der Waals surface area (Å²) >= 11 is 0. The molecule has 0 aromatic rings. The van der Waals surface area contributed by atoms with Crippen LogP contribution >= 0.6 is 0 Å². The summed E-state index contributed by atoms with van der Waals surface area (Å²) in [6.45, 7) is 4.86. The van der Waals surface area contributed by atoms with Crippen molar-refractivity contribution in [1.82, 2.24) is 5.32 Å². The Balaban J connectivity index is 3.51. The molecule has 0 spiro atoms. The van der Waals surface area contributed by atoms with E-state index in [1.807, 2.05) is 6.08 Å². The molecule has 2 atom stereocenters. The number of carbonyl (C=O) groups is 2. The van der Waals surface area contributed by atoms with Gasteiger partial charge in [-0.3, -0.25) is 9.59 Å². The molecule has 0 radical (unpaired) electrons. The molecule has 0 aliphatic carbocycles. The molecule has 0 saturated carbocycles. The van der Waals surface area contributed by atoms with E-state index in [0.717, 1.165) is 57.8 Å². The SMILES string of the molecule is CCCCCCCCCCCCCCCCCCC/C=C/C(O)C(CO)NC(=O)CCCCCCCCCCCOC(=O)CCCCCCCCCCCCCCCC. The van der Waals surface area contributed by atoms with Crippen LogP contribution in [0.15, 0.2) is 12.2 Å². The van der Waals surface area contributed by atoms with E-state index in [9.17, 15) is 19.8 Å². The molecule has 2 unspecified atom stereocenters. The number of aliphatic hydroxyl groups is 2. The molecule has 0 bridgehead atoms. The van der Waals surface area contributed by atoms with Crippen LogP contribution in [0.5, 0.6) is 0 Å². The van der Waals surface area contributed by atoms with Crippen LogP contribution in [-0.2, 0) is 14.3 Å². The minimum atomic E-state index is -0.861. The van der Waals surface area contributed by atoms with E-state index >= 15 is 0 Å². The molecule has 59 heavy (non-hydrogen) atoms. The Labute approximate surface area is 368 Å². The van der Waals surface area contributed by atoms with Gasteiger partial charge < -0.3 is 20.3 Å². The third kappa shape index (κ3) is 45.9. The van der Waals surface area contributed by atoms with Gasteiger partial charge in [0.25, 0.3) is 0 Å². The van der Waals surface area contributed by atoms with Gasteiger partial charge >= 0.3 is 5.97 Å². The maximum Gasteiger partial charge on any atom is 0.305 e. The average molecular weight is 834 g/mol. The Hall–Kier alpha value is -1.40. The molecular formula is C53H103NO5. The lowest BCUT2D eigenvalue weighted by molar-refractivity contribution is -0.143. The number of allylic oxidation sites excluding steroid dienone is 1. The van der Waals surface area contributed by atoms with Gasteiger partial charge in [-0.25, -0.2) is 0 Å². The van der Waals surface area contributed by atoms with Crippen LogP contribution in [0.25, 0.3) is 0 Å². The zero-order valence-corrected chi connectivity index (χ0v) is 39.7. The largest absolute Gasteiger partial charge is 0.466 e. The first kappa shape index (κ1) is 57.6. The van der Waals surface area contributed by atoms with E-state index in [-0.39, 0.29) is 18.5 Å². The molecular weight excluding hydrogens is 731 g/mol. The molecule has 6 nitrogen and oxygen atoms in total. The van der Waals surface area contributed by atoms with Gasteiger partial charge in [-0.2, -0.15) is 0 Å². The van der Waals surface area contributed by atoms with Crippen molar-refractivity contribution in [3.63, 3.8) is 0 Å². The number of hydrogen-bond acceptors (Lipinski definition) is 5. The Kier molecular flexibility index (Phi) is 48.1. The molecule has 3 N–H and O–H groups in total. The van der Waals surface area contributed by atoms with E-state index < -0.39 is 12.1 Å². The minimum absolute atomic E-state index is 0.0245. The van der Waals surface area contributed by atoms with Crippen molar-refractivity contribution in [2.75, 3.05) is 13.2 Å². The Morgan fingerprint density at radius 2 is 0.780 bits per heavy atom. The van der Waals surface area contributed by atoms with Crippen molar-refractivity contribution in [3.8, 4) is 0 Å². The van der Waals surface area contributed by atoms with Crippen molar-refractivity contribution in [2.45, 2.75) is 302 Å². The number of unbranched alkanes of at least 4 members (excludes halogenated alkanes) is 38. The summed E-state index contributed by atoms with van der Waals surface area (Å²) in [5.74, 6) is -0.117. The van der Waals surface area contributed by atoms with Crippen LogP contribution in [-0.4, -0.2) is 47.4 Å². The number of rotatable bonds is 49.